The SMILES string of the molecule is COc1ccc(-c2[nH][nH]c3c4cccc(NC(=O)N=NC(=O)c5ccccc5)c4c(O)c2-3)cc1.COc1ccc(-c2c3c(nn2COCC[Si](C)(C)C)-c2cccc(NC(=O)Oc4ccccc4)c2C3=O)cc1.COc1ccc(-c2n[nH]c3c2C(=O)c2c(N)cccc2-3)cc1. The van der Waals surface area contributed by atoms with Gasteiger partial charge >= 0.3 is 12.1 Å². The van der Waals surface area contributed by atoms with Gasteiger partial charge in [0.1, 0.15) is 46.9 Å². The number of H-pyrrole nitrogens is 3. The van der Waals surface area contributed by atoms with E-state index in [1.165, 1.54) is 0 Å². The zero-order valence-electron chi connectivity index (χ0n) is 52.4. The van der Waals surface area contributed by atoms with E-state index in [1.54, 1.807) is 111 Å². The van der Waals surface area contributed by atoms with Gasteiger partial charge in [0.2, 0.25) is 0 Å². The molecule has 0 spiro atoms. The van der Waals surface area contributed by atoms with E-state index in [2.05, 4.69) is 60.9 Å². The fraction of sp³-hybridized carbons (Fsp3) is 0.125. The smallest absolute Gasteiger partial charge is 0.417 e. The first-order valence-corrected chi connectivity index (χ1v) is 33.7. The summed E-state index contributed by atoms with van der Waals surface area (Å²) in [6.45, 7) is 7.77. The van der Waals surface area contributed by atoms with E-state index in [-0.39, 0.29) is 24.0 Å². The lowest BCUT2D eigenvalue weighted by molar-refractivity contribution is 0.0798. The fourth-order valence-corrected chi connectivity index (χ4v) is 12.0. The van der Waals surface area contributed by atoms with Crippen molar-refractivity contribution in [2.45, 2.75) is 32.4 Å². The number of methoxy groups -OCH3 is 3. The first-order chi connectivity index (χ1) is 46.0. The Labute approximate surface area is 545 Å². The Balaban J connectivity index is 0.000000141. The van der Waals surface area contributed by atoms with Crippen molar-refractivity contribution in [3.63, 3.8) is 0 Å². The molecule has 0 radical (unpaired) electrons. The molecule has 1 aliphatic heterocycles. The van der Waals surface area contributed by atoms with Crippen molar-refractivity contribution >= 4 is 65.5 Å². The average molecular weight is 1290 g/mol. The molecule has 0 atom stereocenters. The molecule has 3 aliphatic carbocycles. The van der Waals surface area contributed by atoms with Crippen LogP contribution in [0.25, 0.3) is 78.3 Å². The molecule has 0 bridgehead atoms. The third kappa shape index (κ3) is 12.9. The fourth-order valence-electron chi connectivity index (χ4n) is 11.3. The van der Waals surface area contributed by atoms with Crippen LogP contribution in [-0.2, 0) is 11.5 Å². The number of aromatic amines is 3. The molecule has 14 rings (SSSR count). The number of nitrogens with one attached hydrogen (secondary N) is 5. The topological polar surface area (TPSA) is 305 Å². The monoisotopic (exact) mass is 1290 g/mol. The molecule has 0 fully saturated rings. The van der Waals surface area contributed by atoms with E-state index in [4.69, 9.17) is 34.5 Å². The third-order valence-electron chi connectivity index (χ3n) is 15.9. The quantitative estimate of drug-likeness (QED) is 0.0217. The third-order valence-corrected chi connectivity index (χ3v) is 17.6. The maximum absolute atomic E-state index is 13.9. The van der Waals surface area contributed by atoms with E-state index in [0.717, 1.165) is 45.5 Å². The number of ether oxygens (including phenoxy) is 5. The zero-order chi connectivity index (χ0) is 66.5. The Morgan fingerprint density at radius 1 is 0.568 bits per heavy atom. The average Bonchev–Trinajstić information content (AvgIpc) is 1.60. The summed E-state index contributed by atoms with van der Waals surface area (Å²) in [7, 11) is 3.57. The molecule has 476 valence electrons. The number of aromatic nitrogens is 6. The van der Waals surface area contributed by atoms with Gasteiger partial charge in [0.15, 0.2) is 11.6 Å². The number of rotatable bonds is 15. The van der Waals surface area contributed by atoms with E-state index < -0.39 is 26.1 Å². The summed E-state index contributed by atoms with van der Waals surface area (Å²) >= 11 is 0. The van der Waals surface area contributed by atoms with Gasteiger partial charge in [-0.3, -0.25) is 35.0 Å². The molecule has 0 unspecified atom stereocenters. The van der Waals surface area contributed by atoms with Crippen molar-refractivity contribution in [3.8, 4) is 96.3 Å². The molecule has 22 nitrogen and oxygen atoms in total. The van der Waals surface area contributed by atoms with Gasteiger partial charge in [-0.1, -0.05) is 97.6 Å². The Kier molecular flexibility index (Phi) is 17.8. The number of azo groups is 1. The zero-order valence-corrected chi connectivity index (χ0v) is 53.4. The van der Waals surface area contributed by atoms with Crippen LogP contribution >= 0.6 is 0 Å². The van der Waals surface area contributed by atoms with Crippen LogP contribution in [0.15, 0.2) is 198 Å². The number of carbonyl (C=O) groups excluding carboxylic acids is 5. The number of amides is 4. The summed E-state index contributed by atoms with van der Waals surface area (Å²) in [5.41, 5.74) is 18.1. The lowest BCUT2D eigenvalue weighted by atomic mass is 10.0. The maximum Gasteiger partial charge on any atom is 0.417 e. The van der Waals surface area contributed by atoms with Crippen LogP contribution in [0.4, 0.5) is 26.7 Å². The number of hydrogen-bond acceptors (Lipinski definition) is 14. The van der Waals surface area contributed by atoms with Crippen molar-refractivity contribution in [1.82, 2.24) is 30.2 Å². The first kappa shape index (κ1) is 63.0. The minimum Gasteiger partial charge on any atom is -0.506 e. The highest BCUT2D eigenvalue weighted by Crippen LogP contribution is 2.51. The highest BCUT2D eigenvalue weighted by molar-refractivity contribution is 6.76. The van der Waals surface area contributed by atoms with Crippen LogP contribution in [0, 0.1) is 0 Å². The Morgan fingerprint density at radius 2 is 1.16 bits per heavy atom. The van der Waals surface area contributed by atoms with Crippen molar-refractivity contribution in [1.29, 1.82) is 0 Å². The summed E-state index contributed by atoms with van der Waals surface area (Å²) in [5, 5.41) is 42.9. The van der Waals surface area contributed by atoms with E-state index >= 15 is 0 Å². The van der Waals surface area contributed by atoms with Crippen LogP contribution in [0.5, 0.6) is 28.7 Å². The number of anilines is 3. The van der Waals surface area contributed by atoms with E-state index in [1.807, 2.05) is 103 Å². The second-order valence-corrected chi connectivity index (χ2v) is 28.8. The van der Waals surface area contributed by atoms with Gasteiger partial charge in [-0.05, 0) is 121 Å². The summed E-state index contributed by atoms with van der Waals surface area (Å²) in [6, 6.07) is 55.7. The Bertz CT molecular complexity index is 4860. The molecule has 23 heteroatoms. The number of nitrogen functional groups attached to an aromatic ring is 1. The number of nitrogens with two attached hydrogens (primary N) is 1. The van der Waals surface area contributed by atoms with Crippen molar-refractivity contribution < 1.29 is 52.8 Å². The maximum atomic E-state index is 13.9. The molecule has 95 heavy (non-hydrogen) atoms. The van der Waals surface area contributed by atoms with Crippen LogP contribution < -0.4 is 35.3 Å². The number of carbonyl (C=O) groups is 5. The molecule has 4 amide bonds. The van der Waals surface area contributed by atoms with Gasteiger partial charge in [0.05, 0.1) is 88.7 Å². The Morgan fingerprint density at radius 3 is 1.82 bits per heavy atom. The summed E-state index contributed by atoms with van der Waals surface area (Å²) < 4.78 is 28.8. The lowest BCUT2D eigenvalue weighted by Crippen LogP contribution is -2.22. The van der Waals surface area contributed by atoms with Gasteiger partial charge in [-0.25, -0.2) is 14.3 Å². The normalized spacial score (nSPS) is 11.9. The van der Waals surface area contributed by atoms with Gasteiger partial charge in [-0.15, -0.1) is 5.11 Å². The lowest BCUT2D eigenvalue weighted by Gasteiger charge is -2.16. The van der Waals surface area contributed by atoms with Gasteiger partial charge in [-0.2, -0.15) is 10.2 Å². The molecule has 0 saturated heterocycles. The van der Waals surface area contributed by atoms with Crippen molar-refractivity contribution in [2.75, 3.05) is 44.3 Å². The number of nitrogens with zero attached hydrogens (tertiary/aromatic N) is 5. The standard InChI is InChI=1S/C30H31N3O5Si.C25H19N5O4.C17H13N3O2/c1-36-21-15-13-20(14-16-21)28-26-27(32-33(28)19-37-17-18-39(2,3)4)23-11-8-12-24(25(23)29(26)34)31-30(35)38-22-9-6-5-7-10-22;1-34-16-12-10-14(11-13-16)21-20-22(28-27-21)17-8-5-9-18(19(17)23(20)31)26-25(33)30-29-24(32)15-6-3-2-4-7-15;1-22-10-7-5-9(6-8-10)15-14-16(20-19-15)11-3-2-4-12(18)13(11)17(14)21/h5-16H,17-19H2,1-4H3,(H,31,35);2-13,27-28,31H,1H3,(H,26,33);2-8H,18H2,1H3,(H,19,20). The minimum absolute atomic E-state index is 0.00141. The summed E-state index contributed by atoms with van der Waals surface area (Å²) in [5.74, 6) is 1.68. The number of fused-ring (bicyclic) bond motifs is 9. The van der Waals surface area contributed by atoms with Crippen LogP contribution in [0.1, 0.15) is 42.2 Å². The molecule has 8 N–H and O–H groups in total. The van der Waals surface area contributed by atoms with Crippen LogP contribution in [0.3, 0.4) is 0 Å². The molecular weight excluding hydrogens is 1220 g/mol. The minimum atomic E-state index is -1.26. The first-order valence-electron chi connectivity index (χ1n) is 30.0. The highest BCUT2D eigenvalue weighted by Gasteiger charge is 2.38. The number of benzene rings is 8. The van der Waals surface area contributed by atoms with Gasteiger partial charge in [0, 0.05) is 59.1 Å². The number of hydrogen-bond donors (Lipinski definition) is 7. The van der Waals surface area contributed by atoms with Crippen LogP contribution in [0.2, 0.25) is 25.7 Å². The molecule has 2 aromatic heterocycles. The molecular formula is C72H63N11O11Si. The Hall–Kier alpha value is -12.2. The van der Waals surface area contributed by atoms with Gasteiger partial charge in [0.25, 0.3) is 5.91 Å². The largest absolute Gasteiger partial charge is 0.506 e. The van der Waals surface area contributed by atoms with Crippen molar-refractivity contribution in [2.24, 2.45) is 10.2 Å². The van der Waals surface area contributed by atoms with Crippen molar-refractivity contribution in [3.05, 3.63) is 216 Å². The second-order valence-electron chi connectivity index (χ2n) is 23.2. The number of aromatic hydroxyl groups is 1. The number of ketones is 2. The molecule has 0 saturated carbocycles. The van der Waals surface area contributed by atoms with E-state index in [0.29, 0.717) is 113 Å². The number of urea groups is 1. The summed E-state index contributed by atoms with van der Waals surface area (Å²) in [4.78, 5) is 63.7. The summed E-state index contributed by atoms with van der Waals surface area (Å²) in [6.07, 6.45) is -0.678. The second kappa shape index (κ2) is 26.9. The molecule has 8 aromatic carbocycles. The van der Waals surface area contributed by atoms with Crippen LogP contribution in [-0.4, -0.2) is 101 Å². The molecule has 4 aliphatic rings. The van der Waals surface area contributed by atoms with Gasteiger partial charge < -0.3 is 39.8 Å². The molecule has 3 heterocycles. The number of para-hydroxylation sites is 1. The van der Waals surface area contributed by atoms with E-state index in [9.17, 15) is 29.1 Å². The molecule has 10 aromatic rings. The predicted octanol–water partition coefficient (Wildman–Crippen LogP) is 15.4. The predicted molar refractivity (Wildman–Crippen MR) is 365 cm³/mol. The highest BCUT2D eigenvalue weighted by atomic mass is 28.3.